The average molecular weight is 230 g/mol. The van der Waals surface area contributed by atoms with Crippen molar-refractivity contribution in [3.63, 3.8) is 0 Å². The van der Waals surface area contributed by atoms with E-state index in [2.05, 4.69) is 12.1 Å². The quantitative estimate of drug-likeness (QED) is 0.717. The topological polar surface area (TPSA) is 17.1 Å². The summed E-state index contributed by atoms with van der Waals surface area (Å²) in [5.41, 5.74) is 0. The highest BCUT2D eigenvalue weighted by Crippen LogP contribution is 2.34. The molecule has 0 saturated heterocycles. The van der Waals surface area contributed by atoms with Crippen LogP contribution in [0.15, 0.2) is 30.3 Å². The molecule has 1 saturated carbocycles. The van der Waals surface area contributed by atoms with E-state index in [1.807, 2.05) is 18.2 Å². The van der Waals surface area contributed by atoms with Crippen LogP contribution in [0.4, 0.5) is 0 Å². The van der Waals surface area contributed by atoms with E-state index in [1.165, 1.54) is 22.9 Å². The fraction of sp³-hybridized carbons (Fsp3) is 0.357. The fourth-order valence-corrected chi connectivity index (χ4v) is 3.01. The van der Waals surface area contributed by atoms with Gasteiger partial charge in [-0.15, -0.1) is 11.3 Å². The Morgan fingerprint density at radius 3 is 2.88 bits per heavy atom. The third-order valence-electron chi connectivity index (χ3n) is 3.18. The Morgan fingerprint density at radius 2 is 2.12 bits per heavy atom. The minimum atomic E-state index is 0.327. The number of carbonyl (C=O) groups excluding carboxylic acids is 1. The van der Waals surface area contributed by atoms with E-state index < -0.39 is 0 Å². The van der Waals surface area contributed by atoms with E-state index >= 15 is 0 Å². The Labute approximate surface area is 99.1 Å². The highest BCUT2D eigenvalue weighted by Gasteiger charge is 2.22. The molecule has 82 valence electrons. The van der Waals surface area contributed by atoms with Gasteiger partial charge in [0.1, 0.15) is 0 Å². The van der Waals surface area contributed by atoms with Crippen LogP contribution in [0.5, 0.6) is 0 Å². The maximum atomic E-state index is 12.0. The molecule has 3 rings (SSSR count). The Hall–Kier alpha value is -1.15. The average Bonchev–Trinajstić information content (AvgIpc) is 3.02. The van der Waals surface area contributed by atoms with Gasteiger partial charge < -0.3 is 0 Å². The smallest absolute Gasteiger partial charge is 0.172 e. The van der Waals surface area contributed by atoms with Crippen LogP contribution >= 0.6 is 11.3 Å². The predicted molar refractivity (Wildman–Crippen MR) is 68.1 cm³/mol. The van der Waals surface area contributed by atoms with Gasteiger partial charge in [-0.25, -0.2) is 0 Å². The van der Waals surface area contributed by atoms with Gasteiger partial charge in [-0.05, 0) is 29.9 Å². The van der Waals surface area contributed by atoms with Gasteiger partial charge in [0.2, 0.25) is 0 Å². The lowest BCUT2D eigenvalue weighted by atomic mass is 10.1. The number of hydrogen-bond donors (Lipinski definition) is 0. The first-order valence-corrected chi connectivity index (χ1v) is 6.66. The molecule has 1 aromatic heterocycles. The SMILES string of the molecule is O=C(CCC1CC1)c1cc2ccccc2s1. The highest BCUT2D eigenvalue weighted by molar-refractivity contribution is 7.20. The molecule has 0 radical (unpaired) electrons. The van der Waals surface area contributed by atoms with E-state index in [0.29, 0.717) is 5.78 Å². The summed E-state index contributed by atoms with van der Waals surface area (Å²) in [7, 11) is 0. The zero-order valence-corrected chi connectivity index (χ0v) is 9.93. The largest absolute Gasteiger partial charge is 0.293 e. The maximum Gasteiger partial charge on any atom is 0.172 e. The minimum absolute atomic E-state index is 0.327. The van der Waals surface area contributed by atoms with Crippen LogP contribution in [0.2, 0.25) is 0 Å². The number of fused-ring (bicyclic) bond motifs is 1. The van der Waals surface area contributed by atoms with Crippen molar-refractivity contribution in [3.05, 3.63) is 35.2 Å². The molecule has 0 bridgehead atoms. The molecule has 0 amide bonds. The molecule has 1 nitrogen and oxygen atoms in total. The molecular formula is C14H14OS. The predicted octanol–water partition coefficient (Wildman–Crippen LogP) is 4.27. The van der Waals surface area contributed by atoms with Crippen LogP contribution in [-0.4, -0.2) is 5.78 Å². The number of carbonyl (C=O) groups is 1. The minimum Gasteiger partial charge on any atom is -0.293 e. The molecule has 0 N–H and O–H groups in total. The summed E-state index contributed by atoms with van der Waals surface area (Å²) in [5, 5.41) is 1.20. The third kappa shape index (κ3) is 2.03. The Balaban J connectivity index is 1.78. The van der Waals surface area contributed by atoms with Gasteiger partial charge >= 0.3 is 0 Å². The lowest BCUT2D eigenvalue weighted by Crippen LogP contribution is -1.95. The van der Waals surface area contributed by atoms with Crippen LogP contribution in [0.3, 0.4) is 0 Å². The summed E-state index contributed by atoms with van der Waals surface area (Å²) in [5.74, 6) is 1.17. The van der Waals surface area contributed by atoms with Crippen LogP contribution in [-0.2, 0) is 0 Å². The summed E-state index contributed by atoms with van der Waals surface area (Å²) >= 11 is 1.63. The second-order valence-electron chi connectivity index (χ2n) is 4.55. The van der Waals surface area contributed by atoms with Crippen molar-refractivity contribution in [1.82, 2.24) is 0 Å². The number of thiophene rings is 1. The van der Waals surface area contributed by atoms with Crippen molar-refractivity contribution in [2.45, 2.75) is 25.7 Å². The first-order chi connectivity index (χ1) is 7.83. The van der Waals surface area contributed by atoms with Gasteiger partial charge in [0, 0.05) is 11.1 Å². The van der Waals surface area contributed by atoms with Gasteiger partial charge in [0.25, 0.3) is 0 Å². The Kier molecular flexibility index (Phi) is 2.52. The fourth-order valence-electron chi connectivity index (χ4n) is 1.98. The number of hydrogen-bond acceptors (Lipinski definition) is 2. The summed E-state index contributed by atoms with van der Waals surface area (Å²) in [6.45, 7) is 0. The van der Waals surface area contributed by atoms with Crippen LogP contribution < -0.4 is 0 Å². The Bertz CT molecular complexity index is 489. The summed E-state index contributed by atoms with van der Waals surface area (Å²) < 4.78 is 1.22. The zero-order chi connectivity index (χ0) is 11.0. The second-order valence-corrected chi connectivity index (χ2v) is 5.64. The number of Topliss-reactive ketones (excluding diaryl/α,β-unsaturated/α-hetero) is 1. The first kappa shape index (κ1) is 10.0. The van der Waals surface area contributed by atoms with Gasteiger partial charge in [0.05, 0.1) is 4.88 Å². The summed E-state index contributed by atoms with van der Waals surface area (Å²) in [6, 6.07) is 10.2. The molecule has 0 atom stereocenters. The highest BCUT2D eigenvalue weighted by atomic mass is 32.1. The molecule has 16 heavy (non-hydrogen) atoms. The second kappa shape index (κ2) is 4.02. The van der Waals surface area contributed by atoms with E-state index in [0.717, 1.165) is 23.6 Å². The third-order valence-corrected chi connectivity index (χ3v) is 4.33. The molecule has 1 aliphatic rings. The van der Waals surface area contributed by atoms with Crippen molar-refractivity contribution in [1.29, 1.82) is 0 Å². The van der Waals surface area contributed by atoms with Gasteiger partial charge in [-0.3, -0.25) is 4.79 Å². The van der Waals surface area contributed by atoms with E-state index in [4.69, 9.17) is 0 Å². The van der Waals surface area contributed by atoms with Crippen molar-refractivity contribution < 1.29 is 4.79 Å². The molecule has 0 unspecified atom stereocenters. The van der Waals surface area contributed by atoms with Gasteiger partial charge in [0.15, 0.2) is 5.78 Å². The van der Waals surface area contributed by atoms with Crippen LogP contribution in [0.1, 0.15) is 35.4 Å². The lowest BCUT2D eigenvalue weighted by molar-refractivity contribution is 0.0982. The summed E-state index contributed by atoms with van der Waals surface area (Å²) in [4.78, 5) is 12.9. The van der Waals surface area contributed by atoms with E-state index in [1.54, 1.807) is 11.3 Å². The molecule has 0 spiro atoms. The van der Waals surface area contributed by atoms with Crippen LogP contribution in [0.25, 0.3) is 10.1 Å². The molecule has 1 fully saturated rings. The summed E-state index contributed by atoms with van der Waals surface area (Å²) in [6.07, 6.45) is 4.49. The van der Waals surface area contributed by atoms with E-state index in [9.17, 15) is 4.79 Å². The van der Waals surface area contributed by atoms with Crippen molar-refractivity contribution >= 4 is 27.2 Å². The number of ketones is 1. The standard InChI is InChI=1S/C14H14OS/c15-12(8-7-10-5-6-10)14-9-11-3-1-2-4-13(11)16-14/h1-4,9-10H,5-8H2. The van der Waals surface area contributed by atoms with Crippen molar-refractivity contribution in [2.24, 2.45) is 5.92 Å². The van der Waals surface area contributed by atoms with E-state index in [-0.39, 0.29) is 0 Å². The normalized spacial score (nSPS) is 15.5. The molecule has 1 aliphatic carbocycles. The molecular weight excluding hydrogens is 216 g/mol. The maximum absolute atomic E-state index is 12.0. The van der Waals surface area contributed by atoms with Crippen LogP contribution in [0, 0.1) is 5.92 Å². The monoisotopic (exact) mass is 230 g/mol. The Morgan fingerprint density at radius 1 is 1.31 bits per heavy atom. The van der Waals surface area contributed by atoms with Gasteiger partial charge in [-0.2, -0.15) is 0 Å². The first-order valence-electron chi connectivity index (χ1n) is 5.85. The lowest BCUT2D eigenvalue weighted by Gasteiger charge is -1.95. The van der Waals surface area contributed by atoms with Crippen molar-refractivity contribution in [3.8, 4) is 0 Å². The molecule has 2 aromatic rings. The zero-order valence-electron chi connectivity index (χ0n) is 9.11. The molecule has 1 aromatic carbocycles. The number of rotatable bonds is 4. The number of benzene rings is 1. The van der Waals surface area contributed by atoms with Gasteiger partial charge in [-0.1, -0.05) is 31.0 Å². The van der Waals surface area contributed by atoms with Crippen molar-refractivity contribution in [2.75, 3.05) is 0 Å². The molecule has 1 heterocycles. The molecule has 2 heteroatoms. The molecule has 0 aliphatic heterocycles.